The molecule has 0 saturated heterocycles. The van der Waals surface area contributed by atoms with Crippen LogP contribution in [0.2, 0.25) is 0 Å². The number of H-pyrrole nitrogens is 1. The summed E-state index contributed by atoms with van der Waals surface area (Å²) in [6, 6.07) is 1.19. The highest BCUT2D eigenvalue weighted by Crippen LogP contribution is 2.38. The van der Waals surface area contributed by atoms with Gasteiger partial charge in [0.1, 0.15) is 11.9 Å². The minimum Gasteiger partial charge on any atom is -0.442 e. The molecule has 1 heterocycles. The number of carbonyl (C=O) groups excluding carboxylic acids is 2. The van der Waals surface area contributed by atoms with Gasteiger partial charge >= 0.3 is 6.09 Å². The van der Waals surface area contributed by atoms with Crippen LogP contribution in [0.5, 0.6) is 0 Å². The first-order chi connectivity index (χ1) is 13.5. The van der Waals surface area contributed by atoms with Crippen molar-refractivity contribution < 1.29 is 18.7 Å². The number of allylic oxidation sites excluding steroid dienone is 1. The molecule has 3 rings (SSSR count). The smallest absolute Gasteiger partial charge is 0.408 e. The van der Waals surface area contributed by atoms with Crippen molar-refractivity contribution in [1.29, 1.82) is 0 Å². The molecular weight excluding hydrogens is 373 g/mol. The van der Waals surface area contributed by atoms with Gasteiger partial charge in [0.15, 0.2) is 0 Å². The summed E-state index contributed by atoms with van der Waals surface area (Å²) in [6.45, 7) is 9.38. The van der Waals surface area contributed by atoms with E-state index < -0.39 is 29.5 Å². The quantitative estimate of drug-likeness (QED) is 0.707. The number of fused-ring (bicyclic) bond motifs is 1. The van der Waals surface area contributed by atoms with Gasteiger partial charge in [0, 0.05) is 22.2 Å². The second-order valence-corrected chi connectivity index (χ2v) is 8.67. The summed E-state index contributed by atoms with van der Waals surface area (Å²) in [7, 11) is 0. The fraction of sp³-hybridized carbons (Fsp3) is 0.455. The maximum Gasteiger partial charge on any atom is 0.408 e. The van der Waals surface area contributed by atoms with Crippen molar-refractivity contribution in [2.75, 3.05) is 0 Å². The highest BCUT2D eigenvalue weighted by Gasteiger charge is 2.26. The number of primary amides is 1. The maximum atomic E-state index is 15.1. The van der Waals surface area contributed by atoms with Gasteiger partial charge in [-0.25, -0.2) is 9.18 Å². The highest BCUT2D eigenvalue weighted by molar-refractivity contribution is 6.09. The Labute approximate surface area is 169 Å². The third-order valence-corrected chi connectivity index (χ3v) is 5.17. The number of aromatic nitrogens is 1. The van der Waals surface area contributed by atoms with Crippen LogP contribution in [0.3, 0.4) is 0 Å². The largest absolute Gasteiger partial charge is 0.442 e. The van der Waals surface area contributed by atoms with E-state index in [1.54, 1.807) is 0 Å². The molecule has 0 unspecified atom stereocenters. The molecule has 6 nitrogen and oxygen atoms in total. The van der Waals surface area contributed by atoms with Crippen molar-refractivity contribution in [2.45, 2.75) is 65.5 Å². The van der Waals surface area contributed by atoms with Crippen LogP contribution in [0.4, 0.5) is 9.18 Å². The first kappa shape index (κ1) is 20.9. The van der Waals surface area contributed by atoms with Gasteiger partial charge in [-0.3, -0.25) is 4.79 Å². The number of ether oxygens (including phenoxy) is 1. The molecule has 1 aliphatic carbocycles. The second-order valence-electron chi connectivity index (χ2n) is 8.67. The van der Waals surface area contributed by atoms with E-state index in [4.69, 9.17) is 10.5 Å². The molecule has 2 amide bonds. The Morgan fingerprint density at radius 3 is 2.62 bits per heavy atom. The Kier molecular flexibility index (Phi) is 5.43. The van der Waals surface area contributed by atoms with Crippen molar-refractivity contribution in [3.8, 4) is 0 Å². The number of rotatable bonds is 3. The molecule has 7 heteroatoms. The summed E-state index contributed by atoms with van der Waals surface area (Å²) < 4.78 is 20.7. The van der Waals surface area contributed by atoms with Crippen LogP contribution in [-0.4, -0.2) is 28.6 Å². The van der Waals surface area contributed by atoms with Crippen LogP contribution in [0.15, 0.2) is 12.1 Å². The molecule has 1 aromatic carbocycles. The predicted molar refractivity (Wildman–Crippen MR) is 111 cm³/mol. The fourth-order valence-electron chi connectivity index (χ4n) is 3.79. The van der Waals surface area contributed by atoms with E-state index >= 15 is 4.39 Å². The van der Waals surface area contributed by atoms with Crippen LogP contribution in [0.1, 0.15) is 67.2 Å². The zero-order valence-corrected chi connectivity index (χ0v) is 17.5. The molecule has 0 radical (unpaired) electrons. The molecule has 4 N–H and O–H groups in total. The van der Waals surface area contributed by atoms with E-state index in [0.717, 1.165) is 23.3 Å². The van der Waals surface area contributed by atoms with Gasteiger partial charge in [-0.2, -0.15) is 0 Å². The normalized spacial score (nSPS) is 17.2. The van der Waals surface area contributed by atoms with Gasteiger partial charge in [0.25, 0.3) is 5.91 Å². The van der Waals surface area contributed by atoms with Crippen molar-refractivity contribution in [2.24, 2.45) is 5.73 Å². The van der Waals surface area contributed by atoms with E-state index in [2.05, 4.69) is 10.3 Å². The standard InChI is InChI=1S/C22H28FN3O3/c1-11-12(2)25-19-15(20(24)27)10-16(23)18(17(11)19)13-7-6-8-14(9-13)29-21(28)26-22(3,4)5/h9-10,14,25H,6-8H2,1-5H3,(H2,24,27)(H,26,28)/t14-/m0/s1. The fourth-order valence-corrected chi connectivity index (χ4v) is 3.79. The number of halogens is 1. The molecule has 0 aliphatic heterocycles. The van der Waals surface area contributed by atoms with Gasteiger partial charge in [0.2, 0.25) is 0 Å². The van der Waals surface area contributed by atoms with E-state index in [1.807, 2.05) is 40.7 Å². The van der Waals surface area contributed by atoms with Crippen molar-refractivity contribution in [3.05, 3.63) is 40.3 Å². The lowest BCUT2D eigenvalue weighted by Gasteiger charge is -2.25. The number of amides is 2. The lowest BCUT2D eigenvalue weighted by Crippen LogP contribution is -2.42. The van der Waals surface area contributed by atoms with Crippen LogP contribution >= 0.6 is 0 Å². The molecule has 0 saturated carbocycles. The van der Waals surface area contributed by atoms with E-state index in [0.29, 0.717) is 29.3 Å². The zero-order chi connectivity index (χ0) is 21.5. The Morgan fingerprint density at radius 2 is 2.00 bits per heavy atom. The van der Waals surface area contributed by atoms with Crippen LogP contribution in [0.25, 0.3) is 16.5 Å². The molecule has 1 aromatic heterocycles. The monoisotopic (exact) mass is 401 g/mol. The third-order valence-electron chi connectivity index (χ3n) is 5.17. The third kappa shape index (κ3) is 4.28. The topological polar surface area (TPSA) is 97.2 Å². The van der Waals surface area contributed by atoms with Crippen molar-refractivity contribution in [3.63, 3.8) is 0 Å². The van der Waals surface area contributed by atoms with Gasteiger partial charge in [-0.1, -0.05) is 0 Å². The summed E-state index contributed by atoms with van der Waals surface area (Å²) in [5.74, 6) is -1.18. The molecule has 156 valence electrons. The first-order valence-corrected chi connectivity index (χ1v) is 9.79. The Morgan fingerprint density at radius 1 is 1.31 bits per heavy atom. The highest BCUT2D eigenvalue weighted by atomic mass is 19.1. The van der Waals surface area contributed by atoms with Gasteiger partial charge < -0.3 is 20.8 Å². The number of hydrogen-bond donors (Lipinski definition) is 3. The molecule has 1 aliphatic rings. The summed E-state index contributed by atoms with van der Waals surface area (Å²) in [5, 5.41) is 3.43. The number of nitrogens with two attached hydrogens (primary N) is 1. The Hall–Kier alpha value is -2.83. The zero-order valence-electron chi connectivity index (χ0n) is 17.5. The molecule has 1 atom stereocenters. The number of hydrogen-bond acceptors (Lipinski definition) is 3. The lowest BCUT2D eigenvalue weighted by atomic mass is 9.88. The molecule has 29 heavy (non-hydrogen) atoms. The minimum absolute atomic E-state index is 0.131. The van der Waals surface area contributed by atoms with E-state index in [1.165, 1.54) is 6.07 Å². The number of alkyl carbamates (subject to hydrolysis) is 1. The minimum atomic E-state index is -0.681. The Balaban J connectivity index is 2.05. The molecule has 0 fully saturated rings. The van der Waals surface area contributed by atoms with Crippen LogP contribution in [0, 0.1) is 19.7 Å². The average molecular weight is 401 g/mol. The number of aromatic amines is 1. The molecular formula is C22H28FN3O3. The lowest BCUT2D eigenvalue weighted by molar-refractivity contribution is 0.0999. The molecule has 0 bridgehead atoms. The first-order valence-electron chi connectivity index (χ1n) is 9.79. The van der Waals surface area contributed by atoms with Crippen LogP contribution < -0.4 is 11.1 Å². The van der Waals surface area contributed by atoms with Crippen LogP contribution in [-0.2, 0) is 4.74 Å². The van der Waals surface area contributed by atoms with Gasteiger partial charge in [-0.05, 0) is 77.2 Å². The predicted octanol–water partition coefficient (Wildman–Crippen LogP) is 4.48. The van der Waals surface area contributed by atoms with E-state index in [9.17, 15) is 9.59 Å². The number of aryl methyl sites for hydroxylation is 2. The number of nitrogens with one attached hydrogen (secondary N) is 2. The van der Waals surface area contributed by atoms with E-state index in [-0.39, 0.29) is 5.56 Å². The molecule has 0 spiro atoms. The maximum absolute atomic E-state index is 15.1. The average Bonchev–Trinajstić information content (AvgIpc) is 2.88. The Bertz CT molecular complexity index is 1010. The number of carbonyl (C=O) groups is 2. The van der Waals surface area contributed by atoms with Gasteiger partial charge in [-0.15, -0.1) is 0 Å². The van der Waals surface area contributed by atoms with Crippen molar-refractivity contribution >= 4 is 28.5 Å². The van der Waals surface area contributed by atoms with Crippen molar-refractivity contribution in [1.82, 2.24) is 10.3 Å². The number of benzene rings is 1. The SMILES string of the molecule is Cc1[nH]c2c(C(N)=O)cc(F)c(C3=C[C@@H](OC(=O)NC(C)(C)C)CCC3)c2c1C. The summed E-state index contributed by atoms with van der Waals surface area (Å²) in [4.78, 5) is 27.1. The summed E-state index contributed by atoms with van der Waals surface area (Å²) in [6.07, 6.45) is 2.98. The summed E-state index contributed by atoms with van der Waals surface area (Å²) >= 11 is 0. The second kappa shape index (κ2) is 7.54. The van der Waals surface area contributed by atoms with Gasteiger partial charge in [0.05, 0.1) is 11.1 Å². The molecule has 2 aromatic rings. The summed E-state index contributed by atoms with van der Waals surface area (Å²) in [5.41, 5.74) is 8.66.